The van der Waals surface area contributed by atoms with Crippen molar-refractivity contribution in [2.75, 3.05) is 6.61 Å². The van der Waals surface area contributed by atoms with Crippen LogP contribution in [0.1, 0.15) is 19.8 Å². The van der Waals surface area contributed by atoms with Crippen molar-refractivity contribution in [3.63, 3.8) is 0 Å². The minimum atomic E-state index is -1.18. The van der Waals surface area contributed by atoms with Gasteiger partial charge in [0.15, 0.2) is 0 Å². The molecule has 0 bridgehead atoms. The second-order valence-corrected chi connectivity index (χ2v) is 1.47. The summed E-state index contributed by atoms with van der Waals surface area (Å²) in [5.74, 6) is 0. The van der Waals surface area contributed by atoms with Crippen molar-refractivity contribution in [2.45, 2.75) is 19.8 Å². The molecule has 0 radical (unpaired) electrons. The topological polar surface area (TPSA) is 46.5 Å². The Morgan fingerprint density at radius 3 is 2.40 bits per heavy atom. The molecule has 0 aliphatic carbocycles. The minimum absolute atomic E-state index is 0.325. The molecule has 0 saturated heterocycles. The highest BCUT2D eigenvalue weighted by atomic mass is 16.7. The molecule has 0 atom stereocenters. The van der Waals surface area contributed by atoms with Gasteiger partial charge in [-0.3, -0.25) is 0 Å². The maximum atomic E-state index is 9.65. The van der Waals surface area contributed by atoms with Crippen molar-refractivity contribution >= 4 is 6.16 Å². The zero-order valence-corrected chi connectivity index (χ0v) is 6.04. The van der Waals surface area contributed by atoms with E-state index in [1.165, 1.54) is 0 Å². The van der Waals surface area contributed by atoms with Crippen LogP contribution in [0, 0.1) is 12.8 Å². The van der Waals surface area contributed by atoms with Crippen LogP contribution in [0.4, 0.5) is 4.79 Å². The zero-order chi connectivity index (χ0) is 8.41. The molecular weight excluding hydrogens is 132 g/mol. The fraction of sp³-hybridized carbons (Fsp3) is 0.571. The van der Waals surface area contributed by atoms with Crippen LogP contribution in [0.2, 0.25) is 0 Å². The van der Waals surface area contributed by atoms with Gasteiger partial charge in [-0.05, 0) is 6.42 Å². The smallest absolute Gasteiger partial charge is 0.450 e. The minimum Gasteiger partial charge on any atom is -0.450 e. The molecule has 0 rings (SSSR count). The van der Waals surface area contributed by atoms with Gasteiger partial charge in [0.25, 0.3) is 0 Å². The average Bonchev–Trinajstić information content (AvgIpc) is 1.92. The molecule has 0 aromatic rings. The lowest BCUT2D eigenvalue weighted by Crippen LogP contribution is -2.00. The lowest BCUT2D eigenvalue weighted by atomic mass is 10.4. The summed E-state index contributed by atoms with van der Waals surface area (Å²) in [6, 6.07) is 0. The summed E-state index contributed by atoms with van der Waals surface area (Å²) in [5, 5.41) is 7.92. The molecular formula is C7H12O3. The summed E-state index contributed by atoms with van der Waals surface area (Å²) in [4.78, 5) is 9.65. The molecule has 0 saturated carbocycles. The van der Waals surface area contributed by atoms with Crippen LogP contribution < -0.4 is 0 Å². The molecule has 0 aliphatic heterocycles. The first-order chi connectivity index (χ1) is 4.77. The summed E-state index contributed by atoms with van der Waals surface area (Å²) >= 11 is 0. The lowest BCUT2D eigenvalue weighted by molar-refractivity contribution is 0.0905. The van der Waals surface area contributed by atoms with Crippen molar-refractivity contribution in [3.8, 4) is 12.8 Å². The van der Waals surface area contributed by atoms with Crippen LogP contribution in [0.3, 0.4) is 0 Å². The molecule has 1 N–H and O–H groups in total. The predicted molar refractivity (Wildman–Crippen MR) is 38.8 cm³/mol. The summed E-state index contributed by atoms with van der Waals surface area (Å²) in [7, 11) is 0. The van der Waals surface area contributed by atoms with Gasteiger partial charge in [-0.25, -0.2) is 4.79 Å². The Morgan fingerprint density at radius 1 is 1.60 bits per heavy atom. The molecule has 3 nitrogen and oxygen atoms in total. The van der Waals surface area contributed by atoms with Gasteiger partial charge in [-0.2, -0.15) is 0 Å². The summed E-state index contributed by atoms with van der Waals surface area (Å²) in [6.07, 6.45) is 8.60. The third-order valence-corrected chi connectivity index (χ3v) is 0.723. The third kappa shape index (κ3) is 15.8. The highest BCUT2D eigenvalue weighted by Crippen LogP contribution is 1.86. The number of carboxylic acid groups (broad SMARTS) is 1. The van der Waals surface area contributed by atoms with Crippen LogP contribution in [0.25, 0.3) is 0 Å². The van der Waals surface area contributed by atoms with Gasteiger partial charge in [-0.15, -0.1) is 12.8 Å². The fourth-order valence-corrected chi connectivity index (χ4v) is 0.304. The Bertz CT molecular complexity index is 96.3. The van der Waals surface area contributed by atoms with E-state index in [1.807, 2.05) is 6.92 Å². The van der Waals surface area contributed by atoms with Crippen LogP contribution in [0.5, 0.6) is 0 Å². The SMILES string of the molecule is C#C.CCCCOC(=O)O. The van der Waals surface area contributed by atoms with Gasteiger partial charge in [0.2, 0.25) is 0 Å². The Kier molecular flexibility index (Phi) is 12.5. The largest absolute Gasteiger partial charge is 0.505 e. The predicted octanol–water partition coefficient (Wildman–Crippen LogP) is 1.73. The van der Waals surface area contributed by atoms with Gasteiger partial charge in [0.05, 0.1) is 6.61 Å². The summed E-state index contributed by atoms with van der Waals surface area (Å²) < 4.78 is 4.20. The molecule has 3 heteroatoms. The molecule has 0 aromatic carbocycles. The summed E-state index contributed by atoms with van der Waals surface area (Å²) in [5.41, 5.74) is 0. The Morgan fingerprint density at radius 2 is 2.10 bits per heavy atom. The third-order valence-electron chi connectivity index (χ3n) is 0.723. The molecule has 0 heterocycles. The number of rotatable bonds is 3. The van der Waals surface area contributed by atoms with Gasteiger partial charge >= 0.3 is 6.16 Å². The van der Waals surface area contributed by atoms with Crippen molar-refractivity contribution in [1.82, 2.24) is 0 Å². The van der Waals surface area contributed by atoms with E-state index in [4.69, 9.17) is 5.11 Å². The van der Waals surface area contributed by atoms with Crippen LogP contribution in [0.15, 0.2) is 0 Å². The maximum Gasteiger partial charge on any atom is 0.505 e. The monoisotopic (exact) mass is 144 g/mol. The Labute approximate surface area is 61.0 Å². The molecule has 0 aromatic heterocycles. The van der Waals surface area contributed by atoms with Gasteiger partial charge in [0, 0.05) is 0 Å². The van der Waals surface area contributed by atoms with Crippen molar-refractivity contribution in [1.29, 1.82) is 0 Å². The second-order valence-electron chi connectivity index (χ2n) is 1.47. The number of hydrogen-bond donors (Lipinski definition) is 1. The lowest BCUT2D eigenvalue weighted by Gasteiger charge is -1.94. The van der Waals surface area contributed by atoms with Crippen LogP contribution in [-0.2, 0) is 4.74 Å². The number of hydrogen-bond acceptors (Lipinski definition) is 2. The van der Waals surface area contributed by atoms with E-state index in [1.54, 1.807) is 0 Å². The van der Waals surface area contributed by atoms with Crippen LogP contribution in [-0.4, -0.2) is 17.9 Å². The molecule has 58 valence electrons. The number of carbonyl (C=O) groups is 1. The van der Waals surface area contributed by atoms with E-state index in [0.29, 0.717) is 6.61 Å². The Hall–Kier alpha value is -1.17. The first kappa shape index (κ1) is 11.6. The van der Waals surface area contributed by atoms with Crippen molar-refractivity contribution in [2.24, 2.45) is 0 Å². The standard InChI is InChI=1S/C5H10O3.C2H2/c1-2-3-4-8-5(6)7;1-2/h2-4H2,1H3,(H,6,7);1-2H. The van der Waals surface area contributed by atoms with E-state index in [-0.39, 0.29) is 0 Å². The van der Waals surface area contributed by atoms with E-state index < -0.39 is 6.16 Å². The average molecular weight is 144 g/mol. The quantitative estimate of drug-likeness (QED) is 0.372. The molecule has 0 aliphatic rings. The van der Waals surface area contributed by atoms with E-state index in [0.717, 1.165) is 12.8 Å². The van der Waals surface area contributed by atoms with Crippen molar-refractivity contribution in [3.05, 3.63) is 0 Å². The first-order valence-electron chi connectivity index (χ1n) is 2.96. The van der Waals surface area contributed by atoms with Crippen molar-refractivity contribution < 1.29 is 14.6 Å². The fourth-order valence-electron chi connectivity index (χ4n) is 0.304. The van der Waals surface area contributed by atoms with E-state index in [2.05, 4.69) is 17.6 Å². The second kappa shape index (κ2) is 10.7. The Balaban J connectivity index is 0. The number of ether oxygens (including phenoxy) is 1. The molecule has 10 heavy (non-hydrogen) atoms. The van der Waals surface area contributed by atoms with Crippen LogP contribution >= 0.6 is 0 Å². The molecule has 0 unspecified atom stereocenters. The maximum absolute atomic E-state index is 9.65. The molecule has 0 amide bonds. The number of terminal acetylenes is 1. The van der Waals surface area contributed by atoms with Gasteiger partial charge in [0.1, 0.15) is 0 Å². The highest BCUT2D eigenvalue weighted by Gasteiger charge is 1.91. The number of unbranched alkanes of at least 4 members (excludes halogenated alkanes) is 1. The highest BCUT2D eigenvalue weighted by molar-refractivity contribution is 5.56. The zero-order valence-electron chi connectivity index (χ0n) is 6.04. The normalized spacial score (nSPS) is 7.10. The molecule has 0 fully saturated rings. The van der Waals surface area contributed by atoms with E-state index in [9.17, 15) is 4.79 Å². The molecule has 0 spiro atoms. The van der Waals surface area contributed by atoms with E-state index >= 15 is 0 Å². The summed E-state index contributed by atoms with van der Waals surface area (Å²) in [6.45, 7) is 2.30. The van der Waals surface area contributed by atoms with Gasteiger partial charge in [-0.1, -0.05) is 13.3 Å². The van der Waals surface area contributed by atoms with Gasteiger partial charge < -0.3 is 9.84 Å². The first-order valence-corrected chi connectivity index (χ1v) is 2.96.